The molecule has 4 heteroatoms. The molecule has 20 heavy (non-hydrogen) atoms. The SMILES string of the molecule is CCOC(=O)OC(C)(C#C[Si](C)(C)C)CCCC(C)C. The van der Waals surface area contributed by atoms with E-state index in [4.69, 9.17) is 9.47 Å². The zero-order valence-electron chi connectivity index (χ0n) is 14.1. The van der Waals surface area contributed by atoms with E-state index in [1.807, 2.05) is 6.92 Å². The average molecular weight is 298 g/mol. The molecule has 0 aliphatic heterocycles. The van der Waals surface area contributed by atoms with Crippen molar-refractivity contribution in [2.24, 2.45) is 5.92 Å². The summed E-state index contributed by atoms with van der Waals surface area (Å²) in [5.74, 6) is 3.83. The maximum absolute atomic E-state index is 11.6. The molecule has 0 aliphatic rings. The summed E-state index contributed by atoms with van der Waals surface area (Å²) in [6, 6.07) is 0. The molecule has 0 amide bonds. The van der Waals surface area contributed by atoms with Crippen molar-refractivity contribution in [3.63, 3.8) is 0 Å². The molecule has 0 saturated heterocycles. The molecule has 0 aromatic carbocycles. The van der Waals surface area contributed by atoms with Crippen LogP contribution in [0, 0.1) is 17.4 Å². The van der Waals surface area contributed by atoms with Crippen molar-refractivity contribution in [1.82, 2.24) is 0 Å². The van der Waals surface area contributed by atoms with Gasteiger partial charge in [-0.05, 0) is 32.6 Å². The Hall–Kier alpha value is -0.953. The summed E-state index contributed by atoms with van der Waals surface area (Å²) in [5, 5.41) is 0. The van der Waals surface area contributed by atoms with Gasteiger partial charge in [0.2, 0.25) is 0 Å². The molecule has 1 atom stereocenters. The molecule has 0 aromatic heterocycles. The molecule has 0 rings (SSSR count). The summed E-state index contributed by atoms with van der Waals surface area (Å²) < 4.78 is 10.3. The van der Waals surface area contributed by atoms with E-state index in [2.05, 4.69) is 45.0 Å². The lowest BCUT2D eigenvalue weighted by Crippen LogP contribution is -2.32. The van der Waals surface area contributed by atoms with Crippen LogP contribution >= 0.6 is 0 Å². The van der Waals surface area contributed by atoms with E-state index in [1.165, 1.54) is 0 Å². The Morgan fingerprint density at radius 3 is 2.35 bits per heavy atom. The Kier molecular flexibility index (Phi) is 7.96. The Balaban J connectivity index is 4.82. The fraction of sp³-hybridized carbons (Fsp3) is 0.812. The van der Waals surface area contributed by atoms with Crippen LogP contribution in [0.2, 0.25) is 19.6 Å². The first-order chi connectivity index (χ1) is 9.08. The van der Waals surface area contributed by atoms with Crippen LogP contribution in [-0.2, 0) is 9.47 Å². The Labute approximate surface area is 125 Å². The first-order valence-electron chi connectivity index (χ1n) is 7.48. The van der Waals surface area contributed by atoms with E-state index in [1.54, 1.807) is 6.92 Å². The summed E-state index contributed by atoms with van der Waals surface area (Å²) in [6.45, 7) is 14.9. The van der Waals surface area contributed by atoms with Crippen LogP contribution < -0.4 is 0 Å². The molecule has 1 unspecified atom stereocenters. The zero-order valence-corrected chi connectivity index (χ0v) is 15.1. The highest BCUT2D eigenvalue weighted by Crippen LogP contribution is 2.21. The standard InChI is InChI=1S/C16H30O3Si/c1-8-18-15(17)19-16(4,11-9-10-14(2)3)12-13-20(5,6)7/h14H,8-11H2,1-7H3. The first-order valence-corrected chi connectivity index (χ1v) is 11.0. The molecule has 0 saturated carbocycles. The molecule has 116 valence electrons. The van der Waals surface area contributed by atoms with Crippen molar-refractivity contribution >= 4 is 14.2 Å². The second-order valence-corrected chi connectivity index (χ2v) is 11.6. The van der Waals surface area contributed by atoms with Crippen LogP contribution in [0.4, 0.5) is 4.79 Å². The number of ether oxygens (including phenoxy) is 2. The lowest BCUT2D eigenvalue weighted by molar-refractivity contribution is -0.000239. The van der Waals surface area contributed by atoms with Crippen molar-refractivity contribution in [3.8, 4) is 11.5 Å². The van der Waals surface area contributed by atoms with E-state index in [-0.39, 0.29) is 0 Å². The van der Waals surface area contributed by atoms with Crippen LogP contribution in [0.3, 0.4) is 0 Å². The van der Waals surface area contributed by atoms with E-state index >= 15 is 0 Å². The molecule has 0 radical (unpaired) electrons. The Bertz CT molecular complexity index is 360. The van der Waals surface area contributed by atoms with Crippen molar-refractivity contribution in [2.45, 2.75) is 72.2 Å². The van der Waals surface area contributed by atoms with Gasteiger partial charge >= 0.3 is 6.16 Å². The highest BCUT2D eigenvalue weighted by atomic mass is 28.3. The number of hydrogen-bond acceptors (Lipinski definition) is 3. The second-order valence-electron chi connectivity index (χ2n) is 6.80. The molecule has 0 aliphatic carbocycles. The summed E-state index contributed by atoms with van der Waals surface area (Å²) in [7, 11) is -1.49. The molecular weight excluding hydrogens is 268 g/mol. The third-order valence-corrected chi connectivity index (χ3v) is 3.58. The van der Waals surface area contributed by atoms with Crippen LogP contribution in [0.15, 0.2) is 0 Å². The fourth-order valence-electron chi connectivity index (χ4n) is 1.64. The molecule has 0 bridgehead atoms. The van der Waals surface area contributed by atoms with Gasteiger partial charge in [-0.2, -0.15) is 0 Å². The van der Waals surface area contributed by atoms with Gasteiger partial charge < -0.3 is 9.47 Å². The molecular formula is C16H30O3Si. The van der Waals surface area contributed by atoms with Gasteiger partial charge in [0, 0.05) is 0 Å². The fourth-order valence-corrected chi connectivity index (χ4v) is 2.28. The Morgan fingerprint density at radius 2 is 1.90 bits per heavy atom. The lowest BCUT2D eigenvalue weighted by Gasteiger charge is -2.24. The highest BCUT2D eigenvalue weighted by molar-refractivity contribution is 6.83. The van der Waals surface area contributed by atoms with Crippen molar-refractivity contribution in [2.75, 3.05) is 6.61 Å². The smallest absolute Gasteiger partial charge is 0.435 e. The predicted molar refractivity (Wildman–Crippen MR) is 86.3 cm³/mol. The molecule has 0 spiro atoms. The van der Waals surface area contributed by atoms with Crippen LogP contribution in [-0.4, -0.2) is 26.4 Å². The normalized spacial score (nSPS) is 14.2. The van der Waals surface area contributed by atoms with Gasteiger partial charge in [-0.25, -0.2) is 4.79 Å². The highest BCUT2D eigenvalue weighted by Gasteiger charge is 2.27. The van der Waals surface area contributed by atoms with Gasteiger partial charge in [-0.1, -0.05) is 45.8 Å². The third kappa shape index (κ3) is 9.91. The largest absolute Gasteiger partial charge is 0.509 e. The van der Waals surface area contributed by atoms with E-state index < -0.39 is 19.8 Å². The van der Waals surface area contributed by atoms with E-state index in [9.17, 15) is 4.79 Å². The van der Waals surface area contributed by atoms with E-state index in [0.29, 0.717) is 12.5 Å². The van der Waals surface area contributed by atoms with Crippen LogP contribution in [0.25, 0.3) is 0 Å². The average Bonchev–Trinajstić information content (AvgIpc) is 2.25. The summed E-state index contributed by atoms with van der Waals surface area (Å²) in [6.07, 6.45) is 2.23. The maximum Gasteiger partial charge on any atom is 0.509 e. The predicted octanol–water partition coefficient (Wildman–Crippen LogP) is 4.63. The van der Waals surface area contributed by atoms with Gasteiger partial charge in [-0.3, -0.25) is 0 Å². The number of hydrogen-bond donors (Lipinski definition) is 0. The molecule has 0 N–H and O–H groups in total. The topological polar surface area (TPSA) is 35.5 Å². The lowest BCUT2D eigenvalue weighted by atomic mass is 9.96. The summed E-state index contributed by atoms with van der Waals surface area (Å²) in [5.41, 5.74) is 2.57. The third-order valence-electron chi connectivity index (χ3n) is 2.71. The summed E-state index contributed by atoms with van der Waals surface area (Å²) >= 11 is 0. The number of rotatable bonds is 6. The molecule has 0 heterocycles. The molecule has 0 aromatic rings. The van der Waals surface area contributed by atoms with Crippen LogP contribution in [0.1, 0.15) is 47.0 Å². The van der Waals surface area contributed by atoms with Gasteiger partial charge in [-0.15, -0.1) is 5.54 Å². The second kappa shape index (κ2) is 8.36. The first kappa shape index (κ1) is 19.0. The zero-order chi connectivity index (χ0) is 15.8. The number of carbonyl (C=O) groups is 1. The maximum atomic E-state index is 11.6. The van der Waals surface area contributed by atoms with E-state index in [0.717, 1.165) is 19.3 Å². The monoisotopic (exact) mass is 298 g/mol. The molecule has 3 nitrogen and oxygen atoms in total. The summed E-state index contributed by atoms with van der Waals surface area (Å²) in [4.78, 5) is 11.6. The van der Waals surface area contributed by atoms with Gasteiger partial charge in [0.25, 0.3) is 0 Å². The van der Waals surface area contributed by atoms with Gasteiger partial charge in [0.1, 0.15) is 8.07 Å². The van der Waals surface area contributed by atoms with Gasteiger partial charge in [0.15, 0.2) is 5.60 Å². The molecule has 0 fully saturated rings. The van der Waals surface area contributed by atoms with Crippen molar-refractivity contribution in [1.29, 1.82) is 0 Å². The minimum atomic E-state index is -1.49. The minimum Gasteiger partial charge on any atom is -0.435 e. The van der Waals surface area contributed by atoms with Crippen LogP contribution in [0.5, 0.6) is 0 Å². The minimum absolute atomic E-state index is 0.322. The van der Waals surface area contributed by atoms with Crippen molar-refractivity contribution < 1.29 is 14.3 Å². The Morgan fingerprint density at radius 1 is 1.30 bits per heavy atom. The van der Waals surface area contributed by atoms with Crippen molar-refractivity contribution in [3.05, 3.63) is 0 Å². The number of carbonyl (C=O) groups excluding carboxylic acids is 1. The quantitative estimate of drug-likeness (QED) is 0.407. The van der Waals surface area contributed by atoms with Gasteiger partial charge in [0.05, 0.1) is 6.61 Å².